The Kier molecular flexibility index (Phi) is 4.86. The molecule has 2 atom stereocenters. The fourth-order valence-electron chi connectivity index (χ4n) is 2.26. The van der Waals surface area contributed by atoms with Gasteiger partial charge in [-0.05, 0) is 25.5 Å². The monoisotopic (exact) mass is 395 g/mol. The van der Waals surface area contributed by atoms with E-state index >= 15 is 0 Å². The Morgan fingerprint density at radius 1 is 1.37 bits per heavy atom. The molecule has 1 heterocycles. The van der Waals surface area contributed by atoms with Crippen LogP contribution in [0.1, 0.15) is 12.0 Å². The van der Waals surface area contributed by atoms with Gasteiger partial charge in [-0.1, -0.05) is 40.3 Å². The highest BCUT2D eigenvalue weighted by atomic mass is 127. The normalized spacial score (nSPS) is 24.0. The van der Waals surface area contributed by atoms with Crippen LogP contribution in [0.2, 0.25) is 0 Å². The van der Waals surface area contributed by atoms with Gasteiger partial charge in [-0.25, -0.2) is 8.42 Å². The van der Waals surface area contributed by atoms with E-state index in [1.165, 1.54) is 4.31 Å². The molecule has 0 aromatic heterocycles. The standard InChI is InChI=1S/C13H18INO3S/c1-10-3-5-11(6-4-10)19(16,17)15(2)12-7-8-18-13(12)9-14/h3-6,12-13H,7-9H2,1-2H3/t12-,13-/m1/s1. The maximum absolute atomic E-state index is 12.6. The number of ether oxygens (including phenoxy) is 1. The molecule has 0 aliphatic carbocycles. The molecule has 19 heavy (non-hydrogen) atoms. The molecule has 0 unspecified atom stereocenters. The van der Waals surface area contributed by atoms with E-state index in [1.54, 1.807) is 19.2 Å². The topological polar surface area (TPSA) is 46.6 Å². The van der Waals surface area contributed by atoms with Crippen LogP contribution < -0.4 is 0 Å². The third-order valence-corrected chi connectivity index (χ3v) is 6.26. The van der Waals surface area contributed by atoms with Gasteiger partial charge in [-0.15, -0.1) is 0 Å². The first kappa shape index (κ1) is 15.2. The van der Waals surface area contributed by atoms with Gasteiger partial charge in [0.05, 0.1) is 17.0 Å². The Bertz CT molecular complexity index is 529. The van der Waals surface area contributed by atoms with Gasteiger partial charge in [0.15, 0.2) is 0 Å². The first-order chi connectivity index (χ1) is 8.96. The van der Waals surface area contributed by atoms with Crippen LogP contribution in [0.4, 0.5) is 0 Å². The van der Waals surface area contributed by atoms with Crippen molar-refractivity contribution in [2.24, 2.45) is 0 Å². The highest BCUT2D eigenvalue weighted by Gasteiger charge is 2.36. The summed E-state index contributed by atoms with van der Waals surface area (Å²) in [5.41, 5.74) is 1.05. The van der Waals surface area contributed by atoms with Crippen LogP contribution in [0.5, 0.6) is 0 Å². The van der Waals surface area contributed by atoms with E-state index in [9.17, 15) is 8.42 Å². The molecule has 1 aromatic carbocycles. The minimum absolute atomic E-state index is 0.00850. The molecular weight excluding hydrogens is 377 g/mol. The molecule has 106 valence electrons. The molecule has 0 spiro atoms. The van der Waals surface area contributed by atoms with Crippen LogP contribution in [0.15, 0.2) is 29.2 Å². The number of alkyl halides is 1. The highest BCUT2D eigenvalue weighted by Crippen LogP contribution is 2.26. The van der Waals surface area contributed by atoms with Crippen molar-refractivity contribution in [2.45, 2.75) is 30.4 Å². The van der Waals surface area contributed by atoms with Crippen LogP contribution in [-0.2, 0) is 14.8 Å². The summed E-state index contributed by atoms with van der Waals surface area (Å²) < 4.78 is 33.0. The average molecular weight is 395 g/mol. The summed E-state index contributed by atoms with van der Waals surface area (Å²) in [6, 6.07) is 6.90. The van der Waals surface area contributed by atoms with E-state index in [2.05, 4.69) is 22.6 Å². The summed E-state index contributed by atoms with van der Waals surface area (Å²) in [7, 11) is -1.79. The quantitative estimate of drug-likeness (QED) is 0.580. The zero-order valence-corrected chi connectivity index (χ0v) is 14.0. The molecular formula is C13H18INO3S. The minimum atomic E-state index is -3.43. The Morgan fingerprint density at radius 3 is 2.58 bits per heavy atom. The Labute approximate surface area is 128 Å². The van der Waals surface area contributed by atoms with E-state index in [4.69, 9.17) is 4.74 Å². The Morgan fingerprint density at radius 2 is 2.00 bits per heavy atom. The van der Waals surface area contributed by atoms with Gasteiger partial charge in [0.1, 0.15) is 0 Å². The molecule has 0 bridgehead atoms. The number of likely N-dealkylation sites (N-methyl/N-ethyl adjacent to an activating group) is 1. The summed E-state index contributed by atoms with van der Waals surface area (Å²) in [4.78, 5) is 0.347. The van der Waals surface area contributed by atoms with E-state index in [-0.39, 0.29) is 12.1 Å². The second kappa shape index (κ2) is 6.07. The SMILES string of the molecule is Cc1ccc(S(=O)(=O)N(C)[C@@H]2CCO[C@@H]2CI)cc1. The fourth-order valence-corrected chi connectivity index (χ4v) is 4.51. The van der Waals surface area contributed by atoms with Gasteiger partial charge >= 0.3 is 0 Å². The molecule has 0 saturated carbocycles. The smallest absolute Gasteiger partial charge is 0.243 e. The fraction of sp³-hybridized carbons (Fsp3) is 0.538. The molecule has 1 fully saturated rings. The van der Waals surface area contributed by atoms with Crippen LogP contribution in [-0.4, -0.2) is 43.0 Å². The van der Waals surface area contributed by atoms with Crippen LogP contribution in [0.3, 0.4) is 0 Å². The number of halogens is 1. The highest BCUT2D eigenvalue weighted by molar-refractivity contribution is 14.1. The number of rotatable bonds is 4. The first-order valence-corrected chi connectivity index (χ1v) is 9.15. The van der Waals surface area contributed by atoms with Gasteiger partial charge in [-0.2, -0.15) is 4.31 Å². The van der Waals surface area contributed by atoms with Crippen LogP contribution >= 0.6 is 22.6 Å². The minimum Gasteiger partial charge on any atom is -0.376 e. The maximum atomic E-state index is 12.6. The molecule has 1 saturated heterocycles. The van der Waals surface area contributed by atoms with Crippen molar-refractivity contribution in [3.8, 4) is 0 Å². The van der Waals surface area contributed by atoms with Crippen LogP contribution in [0.25, 0.3) is 0 Å². The van der Waals surface area contributed by atoms with E-state index in [0.717, 1.165) is 16.4 Å². The summed E-state index contributed by atoms with van der Waals surface area (Å²) in [6.45, 7) is 2.57. The van der Waals surface area contributed by atoms with Gasteiger partial charge in [0.25, 0.3) is 0 Å². The van der Waals surface area contributed by atoms with Crippen molar-refractivity contribution in [2.75, 3.05) is 18.1 Å². The third-order valence-electron chi connectivity index (χ3n) is 3.49. The summed E-state index contributed by atoms with van der Waals surface area (Å²) in [6.07, 6.45) is 0.751. The van der Waals surface area contributed by atoms with Crippen molar-refractivity contribution in [1.29, 1.82) is 0 Å². The second-order valence-corrected chi connectivity index (χ2v) is 7.63. The Hall–Kier alpha value is -0.180. The van der Waals surface area contributed by atoms with E-state index in [1.807, 2.05) is 19.1 Å². The summed E-state index contributed by atoms with van der Waals surface area (Å²) in [5.74, 6) is 0. The molecule has 4 nitrogen and oxygen atoms in total. The number of aryl methyl sites for hydroxylation is 1. The Balaban J connectivity index is 2.26. The van der Waals surface area contributed by atoms with Gasteiger partial charge < -0.3 is 4.74 Å². The van der Waals surface area contributed by atoms with Crippen LogP contribution in [0, 0.1) is 6.92 Å². The van der Waals surface area contributed by atoms with Gasteiger partial charge in [0, 0.05) is 18.1 Å². The largest absolute Gasteiger partial charge is 0.376 e. The lowest BCUT2D eigenvalue weighted by Gasteiger charge is -2.27. The molecule has 1 aromatic rings. The number of nitrogens with zero attached hydrogens (tertiary/aromatic N) is 1. The zero-order chi connectivity index (χ0) is 14.0. The van der Waals surface area contributed by atoms with Gasteiger partial charge in [-0.3, -0.25) is 0 Å². The predicted octanol–water partition coefficient (Wildman–Crippen LogP) is 2.21. The molecule has 1 aliphatic heterocycles. The van der Waals surface area contributed by atoms with Gasteiger partial charge in [0.2, 0.25) is 10.0 Å². The summed E-state index contributed by atoms with van der Waals surface area (Å²) >= 11 is 2.24. The first-order valence-electron chi connectivity index (χ1n) is 6.19. The van der Waals surface area contributed by atoms with E-state index in [0.29, 0.717) is 11.5 Å². The number of hydrogen-bond donors (Lipinski definition) is 0. The zero-order valence-electron chi connectivity index (χ0n) is 11.0. The lowest BCUT2D eigenvalue weighted by molar-refractivity contribution is 0.108. The summed E-state index contributed by atoms with van der Waals surface area (Å²) in [5, 5.41) is 0. The van der Waals surface area contributed by atoms with E-state index < -0.39 is 10.0 Å². The number of hydrogen-bond acceptors (Lipinski definition) is 3. The molecule has 0 radical (unpaired) electrons. The lowest BCUT2D eigenvalue weighted by Crippen LogP contribution is -2.42. The van der Waals surface area contributed by atoms with Crippen molar-refractivity contribution in [1.82, 2.24) is 4.31 Å². The average Bonchev–Trinajstić information content (AvgIpc) is 2.86. The maximum Gasteiger partial charge on any atom is 0.243 e. The van der Waals surface area contributed by atoms with Crippen molar-refractivity contribution >= 4 is 32.6 Å². The predicted molar refractivity (Wildman–Crippen MR) is 83.2 cm³/mol. The number of benzene rings is 1. The second-order valence-electron chi connectivity index (χ2n) is 4.75. The lowest BCUT2D eigenvalue weighted by atomic mass is 10.2. The number of sulfonamides is 1. The molecule has 6 heteroatoms. The molecule has 2 rings (SSSR count). The molecule has 0 amide bonds. The van der Waals surface area contributed by atoms with Crippen molar-refractivity contribution in [3.05, 3.63) is 29.8 Å². The molecule has 1 aliphatic rings. The van der Waals surface area contributed by atoms with Crippen molar-refractivity contribution in [3.63, 3.8) is 0 Å². The third kappa shape index (κ3) is 3.12. The van der Waals surface area contributed by atoms with Crippen molar-refractivity contribution < 1.29 is 13.2 Å². The molecule has 0 N–H and O–H groups in total.